The van der Waals surface area contributed by atoms with Crippen molar-refractivity contribution in [2.75, 3.05) is 0 Å². The molecule has 5 heterocycles. The topological polar surface area (TPSA) is 57.2 Å². The number of pyridine rings is 3. The van der Waals surface area contributed by atoms with Crippen LogP contribution in [0, 0.1) is 0 Å². The second kappa shape index (κ2) is 8.37. The van der Waals surface area contributed by atoms with Gasteiger partial charge in [-0.25, -0.2) is 9.97 Å². The monoisotopic (exact) mass is 527 g/mol. The molecule has 41 heavy (non-hydrogen) atoms. The summed E-state index contributed by atoms with van der Waals surface area (Å²) in [5, 5.41) is 4.37. The zero-order valence-electron chi connectivity index (χ0n) is 21.8. The summed E-state index contributed by atoms with van der Waals surface area (Å²) in [6.45, 7) is 0. The molecule has 6 heteroatoms. The molecule has 0 N–H and O–H groups in total. The summed E-state index contributed by atoms with van der Waals surface area (Å²) in [5.74, 6) is 2.36. The first-order valence-electron chi connectivity index (χ1n) is 13.5. The molecule has 0 radical (unpaired) electrons. The van der Waals surface area contributed by atoms with Crippen LogP contribution < -0.4 is 4.74 Å². The lowest BCUT2D eigenvalue weighted by atomic mass is 10.1. The van der Waals surface area contributed by atoms with E-state index in [9.17, 15) is 0 Å². The molecule has 0 fully saturated rings. The molecule has 5 aromatic heterocycles. The fourth-order valence-electron chi connectivity index (χ4n) is 6.10. The third kappa shape index (κ3) is 3.22. The number of rotatable bonds is 3. The number of hydrogen-bond donors (Lipinski definition) is 0. The van der Waals surface area contributed by atoms with Crippen LogP contribution >= 0.6 is 0 Å². The zero-order valence-corrected chi connectivity index (χ0v) is 21.8. The van der Waals surface area contributed by atoms with Gasteiger partial charge in [0.05, 0.1) is 33.1 Å². The van der Waals surface area contributed by atoms with Crippen molar-refractivity contribution in [2.24, 2.45) is 0 Å². The van der Waals surface area contributed by atoms with E-state index >= 15 is 0 Å². The second-order valence-corrected chi connectivity index (χ2v) is 10.2. The first-order valence-corrected chi connectivity index (χ1v) is 13.5. The first-order chi connectivity index (χ1) is 20.3. The summed E-state index contributed by atoms with van der Waals surface area (Å²) >= 11 is 0. The number of imidazole rings is 1. The highest BCUT2D eigenvalue weighted by Gasteiger charge is 2.16. The van der Waals surface area contributed by atoms with Gasteiger partial charge in [0.1, 0.15) is 23.0 Å². The molecule has 4 aromatic carbocycles. The molecule has 0 spiro atoms. The average Bonchev–Trinajstić information content (AvgIpc) is 3.58. The van der Waals surface area contributed by atoms with Crippen LogP contribution in [0.2, 0.25) is 0 Å². The standard InChI is InChI=1S/C35H21N5O/c1-3-10-29-24(8-1)25-16-14-23(21-32(25)39(29)33-13-5-6-18-36-33)41-22-15-17-26-27(20-22)35-38-28-9-2-4-11-30(28)40(35)31-12-7-19-37-34(26)31/h1-21H. The van der Waals surface area contributed by atoms with Gasteiger partial charge >= 0.3 is 0 Å². The highest BCUT2D eigenvalue weighted by atomic mass is 16.5. The van der Waals surface area contributed by atoms with Crippen molar-refractivity contribution in [3.05, 3.63) is 128 Å². The quantitative estimate of drug-likeness (QED) is 0.216. The molecular formula is C35H21N5O. The molecule has 0 aliphatic carbocycles. The number of hydrogen-bond acceptors (Lipinski definition) is 4. The fourth-order valence-corrected chi connectivity index (χ4v) is 6.10. The van der Waals surface area contributed by atoms with Crippen molar-refractivity contribution < 1.29 is 4.74 Å². The Morgan fingerprint density at radius 3 is 2.15 bits per heavy atom. The molecule has 0 saturated carbocycles. The Morgan fingerprint density at radius 1 is 0.512 bits per heavy atom. The van der Waals surface area contributed by atoms with E-state index in [0.717, 1.165) is 72.2 Å². The largest absolute Gasteiger partial charge is 0.457 e. The van der Waals surface area contributed by atoms with Crippen LogP contribution in [0.15, 0.2) is 128 Å². The summed E-state index contributed by atoms with van der Waals surface area (Å²) in [6.07, 6.45) is 3.66. The Hall–Kier alpha value is -5.75. The number of ether oxygens (including phenoxy) is 1. The van der Waals surface area contributed by atoms with Gasteiger partial charge in [0.15, 0.2) is 0 Å². The smallest absolute Gasteiger partial charge is 0.146 e. The van der Waals surface area contributed by atoms with Crippen molar-refractivity contribution in [1.29, 1.82) is 0 Å². The molecule has 9 rings (SSSR count). The summed E-state index contributed by atoms with van der Waals surface area (Å²) in [5.41, 5.74) is 7.01. The maximum absolute atomic E-state index is 6.53. The van der Waals surface area contributed by atoms with Crippen molar-refractivity contribution in [1.82, 2.24) is 23.9 Å². The minimum Gasteiger partial charge on any atom is -0.457 e. The van der Waals surface area contributed by atoms with E-state index in [-0.39, 0.29) is 0 Å². The highest BCUT2D eigenvalue weighted by Crippen LogP contribution is 2.37. The van der Waals surface area contributed by atoms with E-state index in [1.807, 2.05) is 67.0 Å². The average molecular weight is 528 g/mol. The first kappa shape index (κ1) is 22.1. The number of nitrogens with zero attached hydrogens (tertiary/aromatic N) is 5. The molecule has 0 unspecified atom stereocenters. The van der Waals surface area contributed by atoms with Gasteiger partial charge in [0.2, 0.25) is 0 Å². The molecular weight excluding hydrogens is 506 g/mol. The van der Waals surface area contributed by atoms with Gasteiger partial charge in [-0.3, -0.25) is 14.0 Å². The number of benzene rings is 4. The van der Waals surface area contributed by atoms with Gasteiger partial charge < -0.3 is 4.74 Å². The van der Waals surface area contributed by atoms with Crippen LogP contribution in [0.3, 0.4) is 0 Å². The Labute approximate surface area is 233 Å². The van der Waals surface area contributed by atoms with Crippen LogP contribution in [0.5, 0.6) is 11.5 Å². The summed E-state index contributed by atoms with van der Waals surface area (Å²) < 4.78 is 10.9. The van der Waals surface area contributed by atoms with E-state index in [0.29, 0.717) is 0 Å². The summed E-state index contributed by atoms with van der Waals surface area (Å²) in [6, 6.07) is 39.1. The van der Waals surface area contributed by atoms with E-state index in [1.165, 1.54) is 5.39 Å². The third-order valence-corrected chi connectivity index (χ3v) is 7.83. The number of fused-ring (bicyclic) bond motifs is 11. The van der Waals surface area contributed by atoms with Gasteiger partial charge in [0.25, 0.3) is 0 Å². The lowest BCUT2D eigenvalue weighted by Gasteiger charge is -2.11. The molecule has 0 atom stereocenters. The van der Waals surface area contributed by atoms with Gasteiger partial charge in [-0.05, 0) is 72.8 Å². The van der Waals surface area contributed by atoms with Crippen molar-refractivity contribution >= 4 is 60.3 Å². The molecule has 192 valence electrons. The predicted molar refractivity (Wildman–Crippen MR) is 164 cm³/mol. The van der Waals surface area contributed by atoms with E-state index in [2.05, 4.69) is 74.6 Å². The maximum atomic E-state index is 6.53. The maximum Gasteiger partial charge on any atom is 0.146 e. The minimum atomic E-state index is 0.738. The molecule has 9 aromatic rings. The van der Waals surface area contributed by atoms with Crippen LogP contribution in [0.1, 0.15) is 0 Å². The molecule has 0 aliphatic heterocycles. The normalized spacial score (nSPS) is 11.9. The zero-order chi connectivity index (χ0) is 26.9. The fraction of sp³-hybridized carbons (Fsp3) is 0. The van der Waals surface area contributed by atoms with E-state index < -0.39 is 0 Å². The molecule has 0 bridgehead atoms. The van der Waals surface area contributed by atoms with Crippen molar-refractivity contribution in [3.8, 4) is 17.3 Å². The van der Waals surface area contributed by atoms with Crippen LogP contribution in [0.25, 0.3) is 66.1 Å². The lowest BCUT2D eigenvalue weighted by molar-refractivity contribution is 0.484. The summed E-state index contributed by atoms with van der Waals surface area (Å²) in [7, 11) is 0. The Bertz CT molecular complexity index is 2460. The third-order valence-electron chi connectivity index (χ3n) is 7.83. The highest BCUT2D eigenvalue weighted by molar-refractivity contribution is 6.13. The molecule has 6 nitrogen and oxygen atoms in total. The van der Waals surface area contributed by atoms with E-state index in [1.54, 1.807) is 0 Å². The number of para-hydroxylation sites is 3. The van der Waals surface area contributed by atoms with Crippen LogP contribution in [0.4, 0.5) is 0 Å². The van der Waals surface area contributed by atoms with E-state index in [4.69, 9.17) is 14.7 Å². The van der Waals surface area contributed by atoms with Crippen molar-refractivity contribution in [2.45, 2.75) is 0 Å². The van der Waals surface area contributed by atoms with Gasteiger partial charge in [0, 0.05) is 40.0 Å². The van der Waals surface area contributed by atoms with Gasteiger partial charge in [-0.1, -0.05) is 36.4 Å². The van der Waals surface area contributed by atoms with Gasteiger partial charge in [-0.2, -0.15) is 0 Å². The number of aromatic nitrogens is 5. The predicted octanol–water partition coefficient (Wildman–Crippen LogP) is 8.47. The van der Waals surface area contributed by atoms with Crippen LogP contribution in [-0.2, 0) is 0 Å². The second-order valence-electron chi connectivity index (χ2n) is 10.2. The van der Waals surface area contributed by atoms with Crippen molar-refractivity contribution in [3.63, 3.8) is 0 Å². The molecule has 0 amide bonds. The van der Waals surface area contributed by atoms with Gasteiger partial charge in [-0.15, -0.1) is 0 Å². The Morgan fingerprint density at radius 2 is 1.24 bits per heavy atom. The Kier molecular flexibility index (Phi) is 4.51. The summed E-state index contributed by atoms with van der Waals surface area (Å²) in [4.78, 5) is 14.4. The minimum absolute atomic E-state index is 0.738. The lowest BCUT2D eigenvalue weighted by Crippen LogP contribution is -1.96. The SMILES string of the molecule is c1ccc(-n2c3ccccc3c3ccc(Oc4ccc5c(c4)c4nc6ccccc6n4c4cccnc54)cc32)nc1. The van der Waals surface area contributed by atoms with Crippen LogP contribution in [-0.4, -0.2) is 23.9 Å². The molecule has 0 saturated heterocycles. The molecule has 0 aliphatic rings. The Balaban J connectivity index is 1.25.